The fraction of sp³-hybridized carbons (Fsp3) is 0.158. The van der Waals surface area contributed by atoms with E-state index >= 15 is 0 Å². The van der Waals surface area contributed by atoms with E-state index in [1.165, 1.54) is 6.07 Å². The molecule has 0 saturated heterocycles. The molecule has 0 amide bonds. The summed E-state index contributed by atoms with van der Waals surface area (Å²) in [4.78, 5) is 9.33. The quantitative estimate of drug-likeness (QED) is 0.649. The lowest BCUT2D eigenvalue weighted by molar-refractivity contribution is 0.559. The molecule has 2 aromatic carbocycles. The zero-order valence-corrected chi connectivity index (χ0v) is 12.5. The van der Waals surface area contributed by atoms with Gasteiger partial charge >= 0.3 is 0 Å². The first-order chi connectivity index (χ1) is 10.5. The molecule has 0 aliphatic carbocycles. The topological polar surface area (TPSA) is 25.2 Å². The average molecular weight is 290 g/mol. The first-order valence-corrected chi connectivity index (χ1v) is 7.30. The van der Waals surface area contributed by atoms with Crippen LogP contribution in [0, 0.1) is 5.82 Å². The fourth-order valence-electron chi connectivity index (χ4n) is 3.05. The number of nitrogens with zero attached hydrogens (tertiary/aromatic N) is 2. The SMILES string of the molecule is CC1(C)N=C(c2cnc3ccccc3c2)c2ccc(F)cc21. The van der Waals surface area contributed by atoms with Crippen molar-refractivity contribution < 1.29 is 4.39 Å². The van der Waals surface area contributed by atoms with Crippen molar-refractivity contribution >= 4 is 16.6 Å². The highest BCUT2D eigenvalue weighted by atomic mass is 19.1. The molecule has 0 unspecified atom stereocenters. The zero-order valence-electron chi connectivity index (χ0n) is 12.5. The monoisotopic (exact) mass is 290 g/mol. The van der Waals surface area contributed by atoms with E-state index < -0.39 is 5.54 Å². The Morgan fingerprint density at radius 2 is 1.82 bits per heavy atom. The number of aliphatic imine (C=N–C) groups is 1. The highest BCUT2D eigenvalue weighted by Gasteiger charge is 2.32. The van der Waals surface area contributed by atoms with Gasteiger partial charge in [0.05, 0.1) is 16.8 Å². The molecule has 0 spiro atoms. The van der Waals surface area contributed by atoms with Crippen molar-refractivity contribution in [3.05, 3.63) is 77.2 Å². The van der Waals surface area contributed by atoms with Gasteiger partial charge in [0.15, 0.2) is 0 Å². The summed E-state index contributed by atoms with van der Waals surface area (Å²) >= 11 is 0. The molecule has 0 saturated carbocycles. The summed E-state index contributed by atoms with van der Waals surface area (Å²) in [6.07, 6.45) is 1.84. The lowest BCUT2D eigenvalue weighted by atomic mass is 9.92. The van der Waals surface area contributed by atoms with Crippen molar-refractivity contribution in [2.45, 2.75) is 19.4 Å². The molecule has 2 heterocycles. The van der Waals surface area contributed by atoms with Crippen molar-refractivity contribution in [2.75, 3.05) is 0 Å². The highest BCUT2D eigenvalue weighted by molar-refractivity contribution is 6.16. The van der Waals surface area contributed by atoms with E-state index in [1.807, 2.05) is 50.4 Å². The molecule has 0 bridgehead atoms. The summed E-state index contributed by atoms with van der Waals surface area (Å²) in [7, 11) is 0. The highest BCUT2D eigenvalue weighted by Crippen LogP contribution is 2.37. The van der Waals surface area contributed by atoms with E-state index in [0.717, 1.165) is 33.3 Å². The van der Waals surface area contributed by atoms with Crippen LogP contribution >= 0.6 is 0 Å². The van der Waals surface area contributed by atoms with Crippen molar-refractivity contribution in [3.63, 3.8) is 0 Å². The Hall–Kier alpha value is -2.55. The number of benzene rings is 2. The predicted octanol–water partition coefficient (Wildman–Crippen LogP) is 4.46. The third-order valence-electron chi connectivity index (χ3n) is 4.15. The van der Waals surface area contributed by atoms with Gasteiger partial charge in [-0.05, 0) is 49.7 Å². The van der Waals surface area contributed by atoms with Gasteiger partial charge in [0.25, 0.3) is 0 Å². The molecule has 4 rings (SSSR count). The van der Waals surface area contributed by atoms with Gasteiger partial charge in [-0.3, -0.25) is 9.98 Å². The van der Waals surface area contributed by atoms with Gasteiger partial charge in [0.2, 0.25) is 0 Å². The maximum Gasteiger partial charge on any atom is 0.123 e. The second-order valence-electron chi connectivity index (χ2n) is 6.13. The maximum absolute atomic E-state index is 13.6. The van der Waals surface area contributed by atoms with Crippen LogP contribution in [0.15, 0.2) is 59.7 Å². The molecule has 1 aromatic heterocycles. The molecule has 22 heavy (non-hydrogen) atoms. The van der Waals surface area contributed by atoms with Crippen molar-refractivity contribution in [3.8, 4) is 0 Å². The molecule has 0 atom stereocenters. The zero-order chi connectivity index (χ0) is 15.3. The van der Waals surface area contributed by atoms with Crippen LogP contribution in [0.3, 0.4) is 0 Å². The largest absolute Gasteiger partial charge is 0.273 e. The normalized spacial score (nSPS) is 15.7. The molecule has 0 N–H and O–H groups in total. The van der Waals surface area contributed by atoms with E-state index in [4.69, 9.17) is 4.99 Å². The molecule has 1 aliphatic heterocycles. The average Bonchev–Trinajstić information content (AvgIpc) is 2.78. The Balaban J connectivity index is 1.92. The third kappa shape index (κ3) is 1.93. The van der Waals surface area contributed by atoms with Crippen LogP contribution < -0.4 is 0 Å². The number of halogens is 1. The Labute approximate surface area is 128 Å². The lowest BCUT2D eigenvalue weighted by Gasteiger charge is -2.15. The summed E-state index contributed by atoms with van der Waals surface area (Å²) < 4.78 is 13.6. The maximum atomic E-state index is 13.6. The van der Waals surface area contributed by atoms with Gasteiger partial charge in [-0.15, -0.1) is 0 Å². The minimum absolute atomic E-state index is 0.222. The number of rotatable bonds is 1. The van der Waals surface area contributed by atoms with Gasteiger partial charge in [-0.25, -0.2) is 4.39 Å². The molecule has 0 fully saturated rings. The first-order valence-electron chi connectivity index (χ1n) is 7.30. The van der Waals surface area contributed by atoms with Gasteiger partial charge in [-0.2, -0.15) is 0 Å². The summed E-state index contributed by atoms with van der Waals surface area (Å²) in [5.41, 5.74) is 4.32. The van der Waals surface area contributed by atoms with E-state index in [1.54, 1.807) is 6.07 Å². The number of hydrogen-bond donors (Lipinski definition) is 0. The van der Waals surface area contributed by atoms with Gasteiger partial charge in [0, 0.05) is 22.7 Å². The Morgan fingerprint density at radius 1 is 1.00 bits per heavy atom. The van der Waals surface area contributed by atoms with Crippen LogP contribution in [0.1, 0.15) is 30.5 Å². The lowest BCUT2D eigenvalue weighted by Crippen LogP contribution is -2.10. The first kappa shape index (κ1) is 13.1. The standard InChI is InChI=1S/C19H15FN2/c1-19(2)16-10-14(20)7-8-15(16)18(22-19)13-9-12-5-3-4-6-17(12)21-11-13/h3-11H,1-2H3. The second kappa shape index (κ2) is 4.47. The molecular weight excluding hydrogens is 275 g/mol. The van der Waals surface area contributed by atoms with Gasteiger partial charge in [0.1, 0.15) is 5.82 Å². The number of para-hydroxylation sites is 1. The fourth-order valence-corrected chi connectivity index (χ4v) is 3.05. The van der Waals surface area contributed by atoms with E-state index in [-0.39, 0.29) is 5.82 Å². The number of hydrogen-bond acceptors (Lipinski definition) is 2. The smallest absolute Gasteiger partial charge is 0.123 e. The van der Waals surface area contributed by atoms with Crippen LogP contribution in [0.4, 0.5) is 4.39 Å². The molecule has 0 radical (unpaired) electrons. The second-order valence-corrected chi connectivity index (χ2v) is 6.13. The summed E-state index contributed by atoms with van der Waals surface area (Å²) in [5, 5.41) is 1.08. The van der Waals surface area contributed by atoms with E-state index in [9.17, 15) is 4.39 Å². The molecule has 3 heteroatoms. The summed E-state index contributed by atoms with van der Waals surface area (Å²) in [6.45, 7) is 4.01. The van der Waals surface area contributed by atoms with Crippen LogP contribution in [-0.2, 0) is 5.54 Å². The molecule has 2 nitrogen and oxygen atoms in total. The van der Waals surface area contributed by atoms with Crippen molar-refractivity contribution in [1.29, 1.82) is 0 Å². The Bertz CT molecular complexity index is 926. The van der Waals surface area contributed by atoms with Crippen LogP contribution in [0.5, 0.6) is 0 Å². The minimum atomic E-state index is -0.418. The minimum Gasteiger partial charge on any atom is -0.273 e. The van der Waals surface area contributed by atoms with Crippen molar-refractivity contribution in [1.82, 2.24) is 4.98 Å². The molecule has 3 aromatic rings. The van der Waals surface area contributed by atoms with Gasteiger partial charge in [-0.1, -0.05) is 18.2 Å². The third-order valence-corrected chi connectivity index (χ3v) is 4.15. The van der Waals surface area contributed by atoms with Crippen LogP contribution in [-0.4, -0.2) is 10.7 Å². The van der Waals surface area contributed by atoms with E-state index in [0.29, 0.717) is 0 Å². The molecule has 1 aliphatic rings. The predicted molar refractivity (Wildman–Crippen MR) is 86.8 cm³/mol. The van der Waals surface area contributed by atoms with Crippen LogP contribution in [0.25, 0.3) is 10.9 Å². The molecule has 108 valence electrons. The summed E-state index contributed by atoms with van der Waals surface area (Å²) in [5.74, 6) is -0.222. The van der Waals surface area contributed by atoms with Crippen LogP contribution in [0.2, 0.25) is 0 Å². The van der Waals surface area contributed by atoms with E-state index in [2.05, 4.69) is 11.1 Å². The van der Waals surface area contributed by atoms with Gasteiger partial charge < -0.3 is 0 Å². The van der Waals surface area contributed by atoms with Crippen molar-refractivity contribution in [2.24, 2.45) is 4.99 Å². The number of aromatic nitrogens is 1. The Morgan fingerprint density at radius 3 is 2.68 bits per heavy atom. The Kier molecular flexibility index (Phi) is 2.67. The summed E-state index contributed by atoms with van der Waals surface area (Å²) in [6, 6.07) is 15.0. The number of pyridine rings is 1. The molecular formula is C19H15FN2. The number of fused-ring (bicyclic) bond motifs is 2.